The van der Waals surface area contributed by atoms with Crippen LogP contribution < -0.4 is 5.32 Å². The van der Waals surface area contributed by atoms with Gasteiger partial charge in [-0.2, -0.15) is 5.10 Å². The molecule has 0 radical (unpaired) electrons. The Morgan fingerprint density at radius 1 is 1.17 bits per heavy atom. The molecule has 0 saturated carbocycles. The first kappa shape index (κ1) is 16.0. The maximum absolute atomic E-state index is 12.5. The van der Waals surface area contributed by atoms with Crippen LogP contribution >= 0.6 is 0 Å². The zero-order valence-electron chi connectivity index (χ0n) is 14.2. The van der Waals surface area contributed by atoms with Crippen LogP contribution in [0.3, 0.4) is 0 Å². The van der Waals surface area contributed by atoms with E-state index < -0.39 is 0 Å². The van der Waals surface area contributed by atoms with Crippen molar-refractivity contribution in [2.75, 3.05) is 0 Å². The smallest absolute Gasteiger partial charge is 0.255 e. The monoisotopic (exact) mass is 324 g/mol. The van der Waals surface area contributed by atoms with Crippen molar-refractivity contribution in [1.82, 2.24) is 20.1 Å². The molecule has 6 nitrogen and oxygen atoms in total. The molecule has 0 aliphatic rings. The van der Waals surface area contributed by atoms with Crippen LogP contribution in [-0.4, -0.2) is 20.7 Å². The molecule has 2 aromatic heterocycles. The predicted octanol–water partition coefficient (Wildman–Crippen LogP) is 3.28. The highest BCUT2D eigenvalue weighted by atomic mass is 16.3. The summed E-state index contributed by atoms with van der Waals surface area (Å²) in [5, 5.41) is 7.12. The Hall–Kier alpha value is -2.89. The fourth-order valence-electron chi connectivity index (χ4n) is 2.74. The fourth-order valence-corrected chi connectivity index (χ4v) is 2.74. The van der Waals surface area contributed by atoms with Gasteiger partial charge in [0.25, 0.3) is 5.91 Å². The van der Waals surface area contributed by atoms with Gasteiger partial charge in [0.15, 0.2) is 0 Å². The molecular weight excluding hydrogens is 304 g/mol. The van der Waals surface area contributed by atoms with E-state index in [4.69, 9.17) is 4.42 Å². The van der Waals surface area contributed by atoms with E-state index in [0.29, 0.717) is 11.3 Å². The standard InChI is InChI=1S/C18H20N4O2/c1-11-13(3)24-14(4)17(11)18(23)21-12(2)15-5-7-16(8-6-15)22-10-19-9-20-22/h5-10,12H,1-4H3,(H,21,23). The molecule has 3 rings (SSSR count). The number of furan rings is 1. The number of aryl methyl sites for hydroxylation is 2. The molecule has 24 heavy (non-hydrogen) atoms. The number of nitrogens with zero attached hydrogens (tertiary/aromatic N) is 3. The summed E-state index contributed by atoms with van der Waals surface area (Å²) in [6, 6.07) is 7.73. The van der Waals surface area contributed by atoms with E-state index in [1.165, 1.54) is 6.33 Å². The van der Waals surface area contributed by atoms with E-state index >= 15 is 0 Å². The minimum atomic E-state index is -0.116. The zero-order chi connectivity index (χ0) is 17.3. The average Bonchev–Trinajstić information content (AvgIpc) is 3.16. The Kier molecular flexibility index (Phi) is 4.20. The van der Waals surface area contributed by atoms with E-state index in [2.05, 4.69) is 15.4 Å². The van der Waals surface area contributed by atoms with Crippen LogP contribution in [0, 0.1) is 20.8 Å². The molecule has 1 N–H and O–H groups in total. The maximum Gasteiger partial charge on any atom is 0.255 e. The van der Waals surface area contributed by atoms with Crippen molar-refractivity contribution in [3.05, 3.63) is 65.1 Å². The highest BCUT2D eigenvalue weighted by Gasteiger charge is 2.20. The first-order valence-corrected chi connectivity index (χ1v) is 7.79. The second-order valence-electron chi connectivity index (χ2n) is 5.84. The molecule has 0 fully saturated rings. The Morgan fingerprint density at radius 2 is 1.88 bits per heavy atom. The number of hydrogen-bond acceptors (Lipinski definition) is 4. The summed E-state index contributed by atoms with van der Waals surface area (Å²) in [6.07, 6.45) is 3.14. The molecule has 124 valence electrons. The van der Waals surface area contributed by atoms with Gasteiger partial charge >= 0.3 is 0 Å². The number of nitrogens with one attached hydrogen (secondary N) is 1. The molecule has 6 heteroatoms. The van der Waals surface area contributed by atoms with E-state index in [1.54, 1.807) is 11.0 Å². The molecule has 2 heterocycles. The van der Waals surface area contributed by atoms with Crippen molar-refractivity contribution in [3.8, 4) is 5.69 Å². The maximum atomic E-state index is 12.5. The third-order valence-electron chi connectivity index (χ3n) is 4.21. The number of benzene rings is 1. The van der Waals surface area contributed by atoms with Gasteiger partial charge in [-0.1, -0.05) is 12.1 Å². The Morgan fingerprint density at radius 3 is 2.42 bits per heavy atom. The van der Waals surface area contributed by atoms with Crippen molar-refractivity contribution >= 4 is 5.91 Å². The van der Waals surface area contributed by atoms with Gasteiger partial charge in [-0.3, -0.25) is 4.79 Å². The normalized spacial score (nSPS) is 12.2. The van der Waals surface area contributed by atoms with Crippen molar-refractivity contribution in [3.63, 3.8) is 0 Å². The second kappa shape index (κ2) is 6.31. The number of carbonyl (C=O) groups is 1. The third kappa shape index (κ3) is 2.95. The van der Waals surface area contributed by atoms with Crippen LogP contribution in [0.5, 0.6) is 0 Å². The van der Waals surface area contributed by atoms with E-state index in [9.17, 15) is 4.79 Å². The van der Waals surface area contributed by atoms with Crippen molar-refractivity contribution in [1.29, 1.82) is 0 Å². The molecule has 1 aromatic carbocycles. The van der Waals surface area contributed by atoms with Crippen LogP contribution in [-0.2, 0) is 0 Å². The molecule has 1 atom stereocenters. The Balaban J connectivity index is 1.75. The lowest BCUT2D eigenvalue weighted by atomic mass is 10.1. The van der Waals surface area contributed by atoms with E-state index in [-0.39, 0.29) is 11.9 Å². The van der Waals surface area contributed by atoms with Crippen molar-refractivity contribution in [2.24, 2.45) is 0 Å². The van der Waals surface area contributed by atoms with Crippen LogP contribution in [0.2, 0.25) is 0 Å². The minimum absolute atomic E-state index is 0.115. The quantitative estimate of drug-likeness (QED) is 0.799. The summed E-state index contributed by atoms with van der Waals surface area (Å²) < 4.78 is 7.22. The lowest BCUT2D eigenvalue weighted by Crippen LogP contribution is -2.27. The summed E-state index contributed by atoms with van der Waals surface area (Å²) in [4.78, 5) is 16.5. The van der Waals surface area contributed by atoms with Gasteiger partial charge in [-0.25, -0.2) is 9.67 Å². The first-order valence-electron chi connectivity index (χ1n) is 7.79. The van der Waals surface area contributed by atoms with Gasteiger partial charge < -0.3 is 9.73 Å². The molecule has 0 bridgehead atoms. The largest absolute Gasteiger partial charge is 0.466 e. The lowest BCUT2D eigenvalue weighted by Gasteiger charge is -2.15. The van der Waals surface area contributed by atoms with Crippen LogP contribution in [0.15, 0.2) is 41.3 Å². The van der Waals surface area contributed by atoms with Gasteiger partial charge in [0.1, 0.15) is 24.2 Å². The van der Waals surface area contributed by atoms with Gasteiger partial charge in [-0.05, 0) is 45.4 Å². The SMILES string of the molecule is Cc1oc(C)c(C(=O)NC(C)c2ccc(-n3cncn3)cc2)c1C. The predicted molar refractivity (Wildman–Crippen MR) is 90.2 cm³/mol. The molecule has 0 aliphatic heterocycles. The third-order valence-corrected chi connectivity index (χ3v) is 4.21. The van der Waals surface area contributed by atoms with E-state index in [0.717, 1.165) is 22.6 Å². The van der Waals surface area contributed by atoms with Gasteiger partial charge in [0.05, 0.1) is 17.3 Å². The zero-order valence-corrected chi connectivity index (χ0v) is 14.2. The molecule has 0 aliphatic carbocycles. The minimum Gasteiger partial charge on any atom is -0.466 e. The van der Waals surface area contributed by atoms with Gasteiger partial charge in [-0.15, -0.1) is 0 Å². The van der Waals surface area contributed by atoms with Crippen LogP contribution in [0.1, 0.15) is 46.0 Å². The molecule has 0 saturated heterocycles. The van der Waals surface area contributed by atoms with Gasteiger partial charge in [0.2, 0.25) is 0 Å². The molecule has 1 amide bonds. The number of aromatic nitrogens is 3. The molecular formula is C18H20N4O2. The van der Waals surface area contributed by atoms with Crippen molar-refractivity contribution < 1.29 is 9.21 Å². The van der Waals surface area contributed by atoms with Crippen LogP contribution in [0.4, 0.5) is 0 Å². The molecule has 1 unspecified atom stereocenters. The average molecular weight is 324 g/mol. The van der Waals surface area contributed by atoms with Gasteiger partial charge in [0, 0.05) is 5.56 Å². The second-order valence-corrected chi connectivity index (χ2v) is 5.84. The first-order chi connectivity index (χ1) is 11.5. The highest BCUT2D eigenvalue weighted by molar-refractivity contribution is 5.97. The number of amides is 1. The number of hydrogen-bond donors (Lipinski definition) is 1. The summed E-state index contributed by atoms with van der Waals surface area (Å²) in [5.74, 6) is 1.31. The number of rotatable bonds is 4. The topological polar surface area (TPSA) is 73.0 Å². The summed E-state index contributed by atoms with van der Waals surface area (Å²) in [7, 11) is 0. The van der Waals surface area contributed by atoms with Crippen LogP contribution in [0.25, 0.3) is 5.69 Å². The number of carbonyl (C=O) groups excluding carboxylic acids is 1. The van der Waals surface area contributed by atoms with Crippen molar-refractivity contribution in [2.45, 2.75) is 33.7 Å². The highest BCUT2D eigenvalue weighted by Crippen LogP contribution is 2.22. The Bertz CT molecular complexity index is 848. The Labute approximate surface area is 140 Å². The summed E-state index contributed by atoms with van der Waals surface area (Å²) in [6.45, 7) is 7.54. The molecule has 3 aromatic rings. The van der Waals surface area contributed by atoms with E-state index in [1.807, 2.05) is 52.0 Å². The summed E-state index contributed by atoms with van der Waals surface area (Å²) in [5.41, 5.74) is 3.45. The summed E-state index contributed by atoms with van der Waals surface area (Å²) >= 11 is 0. The lowest BCUT2D eigenvalue weighted by molar-refractivity contribution is 0.0938. The fraction of sp³-hybridized carbons (Fsp3) is 0.278. The molecule has 0 spiro atoms.